The molecule has 2 aromatic carbocycles. The number of nitrogens with one attached hydrogen (secondary N) is 2. The molecule has 1 amide bonds. The zero-order valence-corrected chi connectivity index (χ0v) is 17.9. The van der Waals surface area contributed by atoms with Crippen molar-refractivity contribution < 1.29 is 23.7 Å². The van der Waals surface area contributed by atoms with Gasteiger partial charge < -0.3 is 29.6 Å². The maximum atomic E-state index is 12.4. The molecule has 1 atom stereocenters. The molecule has 1 heterocycles. The molecule has 1 fully saturated rings. The highest BCUT2D eigenvalue weighted by Crippen LogP contribution is 2.40. The van der Waals surface area contributed by atoms with E-state index in [4.69, 9.17) is 30.5 Å². The number of benzene rings is 2. The molecule has 0 aliphatic carbocycles. The fourth-order valence-corrected chi connectivity index (χ4v) is 3.98. The number of thioether (sulfide) groups is 1. The predicted molar refractivity (Wildman–Crippen MR) is 115 cm³/mol. The van der Waals surface area contributed by atoms with E-state index < -0.39 is 0 Å². The van der Waals surface area contributed by atoms with Gasteiger partial charge in [-0.3, -0.25) is 4.79 Å². The first kappa shape index (κ1) is 21.0. The van der Waals surface area contributed by atoms with Gasteiger partial charge in [-0.1, -0.05) is 23.4 Å². The fraction of sp³-hybridized carbons (Fsp3) is 0.250. The van der Waals surface area contributed by atoms with Gasteiger partial charge in [0.25, 0.3) is 5.91 Å². The van der Waals surface area contributed by atoms with Gasteiger partial charge in [0.1, 0.15) is 5.75 Å². The minimum absolute atomic E-state index is 0.192. The van der Waals surface area contributed by atoms with Crippen LogP contribution in [-0.2, 0) is 4.79 Å². The second kappa shape index (κ2) is 9.19. The SMILES string of the molecule is COc1ccc(Cl)cc1NC1NC(=O)/C(=C/c2cc(OC)c(OC)c(OC)c2)S1. The van der Waals surface area contributed by atoms with Crippen molar-refractivity contribution in [2.45, 2.75) is 5.50 Å². The number of carbonyl (C=O) groups is 1. The van der Waals surface area contributed by atoms with E-state index in [0.29, 0.717) is 38.6 Å². The Kier molecular flexibility index (Phi) is 6.66. The molecule has 29 heavy (non-hydrogen) atoms. The summed E-state index contributed by atoms with van der Waals surface area (Å²) in [4.78, 5) is 13.0. The van der Waals surface area contributed by atoms with Gasteiger partial charge in [0.15, 0.2) is 17.0 Å². The van der Waals surface area contributed by atoms with Gasteiger partial charge in [-0.25, -0.2) is 0 Å². The number of carbonyl (C=O) groups excluding carboxylic acids is 1. The lowest BCUT2D eigenvalue weighted by atomic mass is 10.1. The Morgan fingerprint density at radius 2 is 1.66 bits per heavy atom. The second-order valence-corrected chi connectivity index (χ2v) is 7.51. The Hall–Kier alpha value is -2.71. The molecule has 154 valence electrons. The quantitative estimate of drug-likeness (QED) is 0.636. The van der Waals surface area contributed by atoms with Crippen molar-refractivity contribution in [3.8, 4) is 23.0 Å². The van der Waals surface area contributed by atoms with Gasteiger partial charge >= 0.3 is 0 Å². The molecule has 3 rings (SSSR count). The molecule has 9 heteroatoms. The lowest BCUT2D eigenvalue weighted by Crippen LogP contribution is -2.31. The molecule has 2 aromatic rings. The van der Waals surface area contributed by atoms with Crippen LogP contribution in [0.4, 0.5) is 5.69 Å². The molecule has 1 saturated heterocycles. The van der Waals surface area contributed by atoms with Gasteiger partial charge in [0.2, 0.25) is 5.75 Å². The van der Waals surface area contributed by atoms with Gasteiger partial charge in [-0.2, -0.15) is 0 Å². The fourth-order valence-electron chi connectivity index (χ4n) is 2.84. The minimum Gasteiger partial charge on any atom is -0.495 e. The standard InChI is InChI=1S/C20H21ClN2O5S/c1-25-14-6-5-12(21)10-13(14)22-20-23-19(24)17(29-20)9-11-7-15(26-2)18(28-4)16(8-11)27-3/h5-10,20,22H,1-4H3,(H,23,24)/b17-9-. The van der Waals surface area contributed by atoms with Crippen LogP contribution in [0, 0.1) is 0 Å². The van der Waals surface area contributed by atoms with E-state index in [9.17, 15) is 4.79 Å². The molecule has 0 spiro atoms. The number of amides is 1. The highest BCUT2D eigenvalue weighted by molar-refractivity contribution is 8.05. The van der Waals surface area contributed by atoms with Crippen LogP contribution < -0.4 is 29.6 Å². The number of halogens is 1. The number of rotatable bonds is 7. The third kappa shape index (κ3) is 4.65. The number of methoxy groups -OCH3 is 4. The highest BCUT2D eigenvalue weighted by atomic mass is 35.5. The van der Waals surface area contributed by atoms with Crippen molar-refractivity contribution in [1.29, 1.82) is 0 Å². The average molecular weight is 437 g/mol. The van der Waals surface area contributed by atoms with Crippen LogP contribution in [0.1, 0.15) is 5.56 Å². The summed E-state index contributed by atoms with van der Waals surface area (Å²) in [6.45, 7) is 0. The maximum absolute atomic E-state index is 12.4. The molecular formula is C20H21ClN2O5S. The second-order valence-electron chi connectivity index (χ2n) is 5.93. The number of hydrogen-bond acceptors (Lipinski definition) is 7. The van der Waals surface area contributed by atoms with Crippen LogP contribution in [0.5, 0.6) is 23.0 Å². The summed E-state index contributed by atoms with van der Waals surface area (Å²) in [5.74, 6) is 1.96. The van der Waals surface area contributed by atoms with Crippen LogP contribution in [0.15, 0.2) is 35.2 Å². The Bertz CT molecular complexity index is 925. The summed E-state index contributed by atoms with van der Waals surface area (Å²) in [5, 5.41) is 6.67. The number of anilines is 1. The monoisotopic (exact) mass is 436 g/mol. The minimum atomic E-state index is -0.372. The van der Waals surface area contributed by atoms with Gasteiger partial charge in [0.05, 0.1) is 39.0 Å². The Labute approximate surface area is 178 Å². The number of ether oxygens (including phenoxy) is 4. The molecule has 2 N–H and O–H groups in total. The van der Waals surface area contributed by atoms with Crippen molar-refractivity contribution in [3.05, 3.63) is 45.8 Å². The zero-order chi connectivity index (χ0) is 21.0. The summed E-state index contributed by atoms with van der Waals surface area (Å²) in [6, 6.07) is 8.81. The van der Waals surface area contributed by atoms with Crippen molar-refractivity contribution in [2.24, 2.45) is 0 Å². The highest BCUT2D eigenvalue weighted by Gasteiger charge is 2.28. The molecule has 0 saturated carbocycles. The number of hydrogen-bond donors (Lipinski definition) is 2. The third-order valence-electron chi connectivity index (χ3n) is 4.16. The largest absolute Gasteiger partial charge is 0.495 e. The normalized spacial score (nSPS) is 17.1. The molecule has 0 aromatic heterocycles. The Balaban J connectivity index is 1.84. The van der Waals surface area contributed by atoms with E-state index in [1.54, 1.807) is 64.8 Å². The van der Waals surface area contributed by atoms with Crippen LogP contribution >= 0.6 is 23.4 Å². The van der Waals surface area contributed by atoms with Crippen LogP contribution in [0.25, 0.3) is 6.08 Å². The molecule has 0 radical (unpaired) electrons. The lowest BCUT2D eigenvalue weighted by Gasteiger charge is -2.15. The van der Waals surface area contributed by atoms with E-state index in [2.05, 4.69) is 10.6 Å². The summed E-state index contributed by atoms with van der Waals surface area (Å²) < 4.78 is 21.4. The van der Waals surface area contributed by atoms with Crippen molar-refractivity contribution in [1.82, 2.24) is 5.32 Å². The lowest BCUT2D eigenvalue weighted by molar-refractivity contribution is -0.116. The molecule has 1 aliphatic heterocycles. The van der Waals surface area contributed by atoms with Gasteiger partial charge in [-0.05, 0) is 42.0 Å². The Morgan fingerprint density at radius 1 is 1.00 bits per heavy atom. The van der Waals surface area contributed by atoms with E-state index in [0.717, 1.165) is 5.56 Å². The first-order valence-electron chi connectivity index (χ1n) is 8.58. The average Bonchev–Trinajstić information content (AvgIpc) is 3.05. The topological polar surface area (TPSA) is 78.1 Å². The van der Waals surface area contributed by atoms with Crippen LogP contribution in [0.2, 0.25) is 5.02 Å². The van der Waals surface area contributed by atoms with Crippen LogP contribution in [-0.4, -0.2) is 39.8 Å². The van der Waals surface area contributed by atoms with Crippen LogP contribution in [0.3, 0.4) is 0 Å². The molecule has 1 unspecified atom stereocenters. The van der Waals surface area contributed by atoms with Crippen molar-refractivity contribution in [3.63, 3.8) is 0 Å². The summed E-state index contributed by atoms with van der Waals surface area (Å²) in [6.07, 6.45) is 1.77. The molecule has 0 bridgehead atoms. The first-order valence-corrected chi connectivity index (χ1v) is 9.84. The summed E-state index contributed by atoms with van der Waals surface area (Å²) >= 11 is 7.42. The van der Waals surface area contributed by atoms with E-state index in [1.807, 2.05) is 0 Å². The van der Waals surface area contributed by atoms with E-state index >= 15 is 0 Å². The summed E-state index contributed by atoms with van der Waals surface area (Å²) in [7, 11) is 6.21. The zero-order valence-electron chi connectivity index (χ0n) is 16.4. The third-order valence-corrected chi connectivity index (χ3v) is 5.43. The summed E-state index contributed by atoms with van der Waals surface area (Å²) in [5.41, 5.74) is 1.06. The van der Waals surface area contributed by atoms with E-state index in [1.165, 1.54) is 11.8 Å². The van der Waals surface area contributed by atoms with E-state index in [-0.39, 0.29) is 11.4 Å². The molecular weight excluding hydrogens is 416 g/mol. The smallest absolute Gasteiger partial charge is 0.260 e. The maximum Gasteiger partial charge on any atom is 0.260 e. The molecule has 7 nitrogen and oxygen atoms in total. The van der Waals surface area contributed by atoms with Crippen molar-refractivity contribution in [2.75, 3.05) is 33.8 Å². The Morgan fingerprint density at radius 3 is 2.24 bits per heavy atom. The van der Waals surface area contributed by atoms with Crippen molar-refractivity contribution >= 4 is 41.0 Å². The van der Waals surface area contributed by atoms with Gasteiger partial charge in [-0.15, -0.1) is 0 Å². The van der Waals surface area contributed by atoms with Gasteiger partial charge in [0, 0.05) is 5.02 Å². The first-order chi connectivity index (χ1) is 14.0. The predicted octanol–water partition coefficient (Wildman–Crippen LogP) is 3.97. The molecule has 1 aliphatic rings.